The lowest BCUT2D eigenvalue weighted by Gasteiger charge is -2.12. The summed E-state index contributed by atoms with van der Waals surface area (Å²) in [5, 5.41) is 0. The van der Waals surface area contributed by atoms with E-state index in [1.165, 1.54) is 122 Å². The molecule has 0 N–H and O–H groups in total. The highest BCUT2D eigenvalue weighted by Gasteiger charge is 2.08. The summed E-state index contributed by atoms with van der Waals surface area (Å²) in [7, 11) is 0. The largest absolute Gasteiger partial charge is 0.300 e. The average Bonchev–Trinajstić information content (AvgIpc) is 2.67. The Kier molecular flexibility index (Phi) is 21.1. The van der Waals surface area contributed by atoms with Crippen molar-refractivity contribution in [2.24, 2.45) is 11.8 Å². The average molecular weight is 395 g/mol. The lowest BCUT2D eigenvalue weighted by Crippen LogP contribution is -2.06. The zero-order valence-electron chi connectivity index (χ0n) is 20.2. The smallest absolute Gasteiger partial charge is 0.132 e. The summed E-state index contributed by atoms with van der Waals surface area (Å²) in [6.45, 7) is 8.49. The van der Waals surface area contributed by atoms with Crippen LogP contribution in [0.25, 0.3) is 0 Å². The van der Waals surface area contributed by atoms with Crippen molar-refractivity contribution < 1.29 is 4.79 Å². The number of rotatable bonds is 22. The molecule has 0 aliphatic heterocycles. The first-order valence-electron chi connectivity index (χ1n) is 13.1. The standard InChI is InChI=1S/C27H54O/c1-5-6-7-8-9-10-11-12-13-14-15-16-17-18-19-20-22-25(2)23-21-24-26(3)27(4)28/h25-26H,5-24H2,1-4H3. The third kappa shape index (κ3) is 20.4. The van der Waals surface area contributed by atoms with Gasteiger partial charge in [0.1, 0.15) is 5.78 Å². The zero-order valence-corrected chi connectivity index (χ0v) is 20.2. The van der Waals surface area contributed by atoms with Crippen molar-refractivity contribution in [3.8, 4) is 0 Å². The van der Waals surface area contributed by atoms with Crippen LogP contribution in [-0.2, 0) is 4.79 Å². The lowest BCUT2D eigenvalue weighted by molar-refractivity contribution is -0.120. The fourth-order valence-electron chi connectivity index (χ4n) is 4.16. The number of ketones is 1. The molecule has 28 heavy (non-hydrogen) atoms. The van der Waals surface area contributed by atoms with E-state index in [2.05, 4.69) is 20.8 Å². The first-order valence-corrected chi connectivity index (χ1v) is 13.1. The van der Waals surface area contributed by atoms with Gasteiger partial charge in [-0.1, -0.05) is 143 Å². The van der Waals surface area contributed by atoms with Gasteiger partial charge in [-0.05, 0) is 19.3 Å². The Morgan fingerprint density at radius 3 is 1.29 bits per heavy atom. The van der Waals surface area contributed by atoms with Gasteiger partial charge in [0.2, 0.25) is 0 Å². The van der Waals surface area contributed by atoms with Gasteiger partial charge in [0.05, 0.1) is 0 Å². The van der Waals surface area contributed by atoms with Gasteiger partial charge >= 0.3 is 0 Å². The van der Waals surface area contributed by atoms with Crippen molar-refractivity contribution in [3.05, 3.63) is 0 Å². The molecule has 0 aromatic heterocycles. The van der Waals surface area contributed by atoms with E-state index in [0.29, 0.717) is 5.78 Å². The minimum atomic E-state index is 0.266. The van der Waals surface area contributed by atoms with Crippen molar-refractivity contribution in [3.63, 3.8) is 0 Å². The molecule has 168 valence electrons. The second-order valence-electron chi connectivity index (χ2n) is 9.64. The number of unbranched alkanes of at least 4 members (excludes halogenated alkanes) is 15. The third-order valence-electron chi connectivity index (χ3n) is 6.58. The summed E-state index contributed by atoms with van der Waals surface area (Å²) in [6, 6.07) is 0. The molecule has 0 saturated heterocycles. The summed E-state index contributed by atoms with van der Waals surface area (Å²) in [4.78, 5) is 11.3. The van der Waals surface area contributed by atoms with Crippen molar-refractivity contribution >= 4 is 5.78 Å². The highest BCUT2D eigenvalue weighted by Crippen LogP contribution is 2.19. The van der Waals surface area contributed by atoms with E-state index in [1.54, 1.807) is 6.92 Å². The molecule has 0 aromatic carbocycles. The van der Waals surface area contributed by atoms with Crippen molar-refractivity contribution in [2.75, 3.05) is 0 Å². The Morgan fingerprint density at radius 2 is 0.893 bits per heavy atom. The first kappa shape index (κ1) is 27.7. The minimum Gasteiger partial charge on any atom is -0.300 e. The second-order valence-corrected chi connectivity index (χ2v) is 9.64. The predicted octanol–water partition coefficient (Wildman–Crippen LogP) is 9.67. The van der Waals surface area contributed by atoms with E-state index >= 15 is 0 Å². The summed E-state index contributed by atoms with van der Waals surface area (Å²) in [6.07, 6.45) is 28.1. The molecule has 0 fully saturated rings. The maximum Gasteiger partial charge on any atom is 0.132 e. The fourth-order valence-corrected chi connectivity index (χ4v) is 4.16. The van der Waals surface area contributed by atoms with Gasteiger partial charge in [-0.25, -0.2) is 0 Å². The number of carbonyl (C=O) groups excluding carboxylic acids is 1. The van der Waals surface area contributed by atoms with Crippen LogP contribution in [0, 0.1) is 11.8 Å². The lowest BCUT2D eigenvalue weighted by atomic mass is 9.93. The molecule has 1 nitrogen and oxygen atoms in total. The van der Waals surface area contributed by atoms with Crippen molar-refractivity contribution in [2.45, 2.75) is 156 Å². The fraction of sp³-hybridized carbons (Fsp3) is 0.963. The molecule has 0 saturated carbocycles. The SMILES string of the molecule is CCCCCCCCCCCCCCCCCCC(C)CCCC(C)C(C)=O. The highest BCUT2D eigenvalue weighted by atomic mass is 16.1. The second kappa shape index (κ2) is 21.4. The summed E-state index contributed by atoms with van der Waals surface area (Å²) in [5.41, 5.74) is 0. The molecule has 0 heterocycles. The quantitative estimate of drug-likeness (QED) is 0.167. The van der Waals surface area contributed by atoms with Gasteiger partial charge in [-0.3, -0.25) is 4.79 Å². The zero-order chi connectivity index (χ0) is 20.9. The Balaban J connectivity index is 3.18. The molecule has 0 spiro atoms. The third-order valence-corrected chi connectivity index (χ3v) is 6.58. The number of Topliss-reactive ketones (excluding diaryl/α,β-unsaturated/α-hetero) is 1. The van der Waals surface area contributed by atoms with Crippen molar-refractivity contribution in [1.82, 2.24) is 0 Å². The molecular weight excluding hydrogens is 340 g/mol. The van der Waals surface area contributed by atoms with Gasteiger partial charge in [0, 0.05) is 5.92 Å². The maximum absolute atomic E-state index is 11.3. The molecule has 2 unspecified atom stereocenters. The Hall–Kier alpha value is -0.330. The van der Waals surface area contributed by atoms with Crippen LogP contribution in [0.1, 0.15) is 156 Å². The summed E-state index contributed by atoms with van der Waals surface area (Å²) < 4.78 is 0. The topological polar surface area (TPSA) is 17.1 Å². The highest BCUT2D eigenvalue weighted by molar-refractivity contribution is 5.77. The van der Waals surface area contributed by atoms with Crippen LogP contribution in [0.5, 0.6) is 0 Å². The van der Waals surface area contributed by atoms with Crippen LogP contribution in [0.3, 0.4) is 0 Å². The van der Waals surface area contributed by atoms with E-state index < -0.39 is 0 Å². The first-order chi connectivity index (χ1) is 13.6. The van der Waals surface area contributed by atoms with Gasteiger partial charge in [-0.15, -0.1) is 0 Å². The van der Waals surface area contributed by atoms with Gasteiger partial charge in [0.15, 0.2) is 0 Å². The van der Waals surface area contributed by atoms with Gasteiger partial charge in [0.25, 0.3) is 0 Å². The van der Waals surface area contributed by atoms with Crippen LogP contribution in [-0.4, -0.2) is 5.78 Å². The van der Waals surface area contributed by atoms with Gasteiger partial charge < -0.3 is 0 Å². The van der Waals surface area contributed by atoms with Crippen molar-refractivity contribution in [1.29, 1.82) is 0 Å². The summed E-state index contributed by atoms with van der Waals surface area (Å²) >= 11 is 0. The molecule has 2 atom stereocenters. The Morgan fingerprint density at radius 1 is 0.536 bits per heavy atom. The number of hydrogen-bond donors (Lipinski definition) is 0. The van der Waals surface area contributed by atoms with Gasteiger partial charge in [-0.2, -0.15) is 0 Å². The van der Waals surface area contributed by atoms with E-state index in [-0.39, 0.29) is 5.92 Å². The molecular formula is C27H54O. The van der Waals surface area contributed by atoms with Crippen LogP contribution in [0.2, 0.25) is 0 Å². The Labute approximate surface area is 178 Å². The predicted molar refractivity (Wildman–Crippen MR) is 127 cm³/mol. The molecule has 0 bridgehead atoms. The normalized spacial score (nSPS) is 13.6. The molecule has 0 aliphatic rings. The molecule has 0 aliphatic carbocycles. The molecule has 0 aromatic rings. The van der Waals surface area contributed by atoms with E-state index in [4.69, 9.17) is 0 Å². The molecule has 0 rings (SSSR count). The molecule has 0 amide bonds. The van der Waals surface area contributed by atoms with Crippen LogP contribution in [0.15, 0.2) is 0 Å². The summed E-state index contributed by atoms with van der Waals surface area (Å²) in [5.74, 6) is 1.46. The molecule has 0 radical (unpaired) electrons. The molecule has 1 heteroatoms. The van der Waals surface area contributed by atoms with E-state index in [0.717, 1.165) is 12.3 Å². The minimum absolute atomic E-state index is 0.266. The monoisotopic (exact) mass is 394 g/mol. The van der Waals surface area contributed by atoms with Crippen LogP contribution in [0.4, 0.5) is 0 Å². The Bertz CT molecular complexity index is 322. The maximum atomic E-state index is 11.3. The van der Waals surface area contributed by atoms with Crippen LogP contribution >= 0.6 is 0 Å². The van der Waals surface area contributed by atoms with E-state index in [9.17, 15) is 4.79 Å². The number of hydrogen-bond acceptors (Lipinski definition) is 1. The number of carbonyl (C=O) groups is 1. The van der Waals surface area contributed by atoms with Crippen LogP contribution < -0.4 is 0 Å². The van der Waals surface area contributed by atoms with E-state index in [1.807, 2.05) is 0 Å².